The van der Waals surface area contributed by atoms with Crippen molar-refractivity contribution >= 4 is 27.8 Å². The van der Waals surface area contributed by atoms with Gasteiger partial charge in [0, 0.05) is 13.1 Å². The Kier molecular flexibility index (Phi) is 5.47. The fourth-order valence-corrected chi connectivity index (χ4v) is 1.97. The van der Waals surface area contributed by atoms with E-state index in [1.54, 1.807) is 13.0 Å². The quantitative estimate of drug-likeness (QED) is 0.902. The van der Waals surface area contributed by atoms with Crippen molar-refractivity contribution in [2.75, 3.05) is 13.1 Å². The first kappa shape index (κ1) is 15.6. The second kappa shape index (κ2) is 6.65. The molecule has 104 valence electrons. The Balaban J connectivity index is 2.96. The maximum Gasteiger partial charge on any atom is 0.308 e. The maximum atomic E-state index is 13.8. The van der Waals surface area contributed by atoms with Crippen molar-refractivity contribution in [2.45, 2.75) is 13.8 Å². The number of carboxylic acid groups (broad SMARTS) is 1. The number of carbonyl (C=O) groups is 2. The highest BCUT2D eigenvalue weighted by molar-refractivity contribution is 9.10. The third-order valence-corrected chi connectivity index (χ3v) is 3.38. The van der Waals surface area contributed by atoms with Gasteiger partial charge >= 0.3 is 5.97 Å². The second-order valence-electron chi connectivity index (χ2n) is 4.18. The van der Waals surface area contributed by atoms with Gasteiger partial charge in [0.15, 0.2) is 0 Å². The zero-order valence-corrected chi connectivity index (χ0v) is 12.3. The van der Waals surface area contributed by atoms with E-state index in [4.69, 9.17) is 5.11 Å². The van der Waals surface area contributed by atoms with Crippen LogP contribution in [-0.2, 0) is 4.79 Å². The number of aliphatic carboxylic acids is 1. The van der Waals surface area contributed by atoms with Gasteiger partial charge in [0.05, 0.1) is 16.0 Å². The summed E-state index contributed by atoms with van der Waals surface area (Å²) in [6.45, 7) is 3.61. The third kappa shape index (κ3) is 3.76. The molecule has 0 heterocycles. The highest BCUT2D eigenvalue weighted by Crippen LogP contribution is 2.20. The van der Waals surface area contributed by atoms with Crippen molar-refractivity contribution in [1.29, 1.82) is 0 Å². The number of carbonyl (C=O) groups excluding carboxylic acids is 1. The molecule has 0 aliphatic rings. The van der Waals surface area contributed by atoms with Crippen LogP contribution in [0.3, 0.4) is 0 Å². The van der Waals surface area contributed by atoms with Crippen LogP contribution in [0.2, 0.25) is 0 Å². The van der Waals surface area contributed by atoms with Crippen molar-refractivity contribution < 1.29 is 19.1 Å². The lowest BCUT2D eigenvalue weighted by molar-refractivity contribution is -0.141. The summed E-state index contributed by atoms with van der Waals surface area (Å²) in [5.41, 5.74) is -0.0613. The summed E-state index contributed by atoms with van der Waals surface area (Å²) in [6, 6.07) is 4.45. The summed E-state index contributed by atoms with van der Waals surface area (Å²) < 4.78 is 14.0. The Morgan fingerprint density at radius 1 is 1.47 bits per heavy atom. The Morgan fingerprint density at radius 3 is 2.63 bits per heavy atom. The van der Waals surface area contributed by atoms with Crippen molar-refractivity contribution in [1.82, 2.24) is 4.90 Å². The minimum Gasteiger partial charge on any atom is -0.481 e. The lowest BCUT2D eigenvalue weighted by Crippen LogP contribution is -2.37. The van der Waals surface area contributed by atoms with Crippen LogP contribution in [-0.4, -0.2) is 35.0 Å². The lowest BCUT2D eigenvalue weighted by atomic mass is 10.1. The Morgan fingerprint density at radius 2 is 2.11 bits per heavy atom. The van der Waals surface area contributed by atoms with E-state index < -0.39 is 23.6 Å². The molecular weight excluding hydrogens is 317 g/mol. The smallest absolute Gasteiger partial charge is 0.308 e. The van der Waals surface area contributed by atoms with Crippen LogP contribution in [0.5, 0.6) is 0 Å². The van der Waals surface area contributed by atoms with E-state index in [9.17, 15) is 14.0 Å². The maximum absolute atomic E-state index is 13.8. The van der Waals surface area contributed by atoms with E-state index >= 15 is 0 Å². The van der Waals surface area contributed by atoms with E-state index in [0.717, 1.165) is 0 Å². The molecule has 1 amide bonds. The molecule has 6 heteroatoms. The summed E-state index contributed by atoms with van der Waals surface area (Å²) in [7, 11) is 0. The predicted molar refractivity (Wildman–Crippen MR) is 72.5 cm³/mol. The summed E-state index contributed by atoms with van der Waals surface area (Å²) in [6.07, 6.45) is 0. The minimum absolute atomic E-state index is 0.0522. The van der Waals surface area contributed by atoms with Gasteiger partial charge in [-0.05, 0) is 35.0 Å². The monoisotopic (exact) mass is 331 g/mol. The van der Waals surface area contributed by atoms with Crippen molar-refractivity contribution in [2.24, 2.45) is 5.92 Å². The number of hydrogen-bond acceptors (Lipinski definition) is 2. The van der Waals surface area contributed by atoms with Crippen molar-refractivity contribution in [3.8, 4) is 0 Å². The molecule has 1 rings (SSSR count). The third-order valence-electron chi connectivity index (χ3n) is 2.77. The van der Waals surface area contributed by atoms with Crippen LogP contribution >= 0.6 is 15.9 Å². The van der Waals surface area contributed by atoms with Crippen LogP contribution in [0.4, 0.5) is 4.39 Å². The zero-order chi connectivity index (χ0) is 14.6. The molecule has 0 aliphatic heterocycles. The molecule has 0 radical (unpaired) electrons. The number of halogens is 2. The summed E-state index contributed by atoms with van der Waals surface area (Å²) in [4.78, 5) is 24.3. The van der Waals surface area contributed by atoms with Gasteiger partial charge in [-0.15, -0.1) is 0 Å². The first-order valence-electron chi connectivity index (χ1n) is 5.84. The summed E-state index contributed by atoms with van der Waals surface area (Å²) >= 11 is 3.02. The number of rotatable bonds is 5. The molecule has 1 atom stereocenters. The largest absolute Gasteiger partial charge is 0.481 e. The predicted octanol–water partition coefficient (Wildman–Crippen LogP) is 2.77. The molecule has 1 unspecified atom stereocenters. The van der Waals surface area contributed by atoms with Gasteiger partial charge in [-0.2, -0.15) is 0 Å². The van der Waals surface area contributed by atoms with Gasteiger partial charge in [0.1, 0.15) is 5.82 Å². The number of nitrogens with zero attached hydrogens (tertiary/aromatic N) is 1. The molecule has 19 heavy (non-hydrogen) atoms. The standard InChI is InChI=1S/C13H15BrFNO3/c1-3-16(7-8(2)13(18)19)12(17)9-5-4-6-10(14)11(9)15/h4-6,8H,3,7H2,1-2H3,(H,18,19). The van der Waals surface area contributed by atoms with Crippen LogP contribution in [0, 0.1) is 11.7 Å². The molecule has 1 aromatic rings. The van der Waals surface area contributed by atoms with Gasteiger partial charge in [-0.1, -0.05) is 13.0 Å². The molecule has 0 saturated heterocycles. The minimum atomic E-state index is -0.985. The van der Waals surface area contributed by atoms with E-state index in [1.807, 2.05) is 0 Å². The van der Waals surface area contributed by atoms with Gasteiger partial charge in [0.25, 0.3) is 5.91 Å². The zero-order valence-electron chi connectivity index (χ0n) is 10.7. The van der Waals surface area contributed by atoms with Crippen LogP contribution < -0.4 is 0 Å². The average Bonchev–Trinajstić information content (AvgIpc) is 2.38. The van der Waals surface area contributed by atoms with E-state index in [0.29, 0.717) is 6.54 Å². The van der Waals surface area contributed by atoms with Gasteiger partial charge in [0.2, 0.25) is 0 Å². The Hall–Kier alpha value is -1.43. The normalized spacial score (nSPS) is 12.0. The lowest BCUT2D eigenvalue weighted by Gasteiger charge is -2.23. The SMILES string of the molecule is CCN(CC(C)C(=O)O)C(=O)c1cccc(Br)c1F. The molecule has 0 bridgehead atoms. The molecule has 0 aliphatic carbocycles. The summed E-state index contributed by atoms with van der Waals surface area (Å²) in [5.74, 6) is -2.82. The highest BCUT2D eigenvalue weighted by atomic mass is 79.9. The number of carboxylic acids is 1. The molecule has 0 fully saturated rings. The van der Waals surface area contributed by atoms with Gasteiger partial charge in [-0.25, -0.2) is 4.39 Å². The second-order valence-corrected chi connectivity index (χ2v) is 5.04. The van der Waals surface area contributed by atoms with Crippen molar-refractivity contribution in [3.05, 3.63) is 34.1 Å². The number of hydrogen-bond donors (Lipinski definition) is 1. The van der Waals surface area contributed by atoms with Crippen LogP contribution in [0.15, 0.2) is 22.7 Å². The first-order chi connectivity index (χ1) is 8.88. The fraction of sp³-hybridized carbons (Fsp3) is 0.385. The molecule has 4 nitrogen and oxygen atoms in total. The molecule has 1 aromatic carbocycles. The van der Waals surface area contributed by atoms with E-state index in [2.05, 4.69) is 15.9 Å². The fourth-order valence-electron chi connectivity index (χ4n) is 1.60. The van der Waals surface area contributed by atoms with Gasteiger partial charge < -0.3 is 10.0 Å². The van der Waals surface area contributed by atoms with Gasteiger partial charge in [-0.3, -0.25) is 9.59 Å². The van der Waals surface area contributed by atoms with E-state index in [-0.39, 0.29) is 16.6 Å². The number of benzene rings is 1. The molecule has 1 N–H and O–H groups in total. The molecule has 0 saturated carbocycles. The van der Waals surface area contributed by atoms with Crippen LogP contribution in [0.25, 0.3) is 0 Å². The summed E-state index contributed by atoms with van der Waals surface area (Å²) in [5, 5.41) is 8.86. The average molecular weight is 332 g/mol. The van der Waals surface area contributed by atoms with Crippen LogP contribution in [0.1, 0.15) is 24.2 Å². The van der Waals surface area contributed by atoms with Crippen molar-refractivity contribution in [3.63, 3.8) is 0 Å². The molecular formula is C13H15BrFNO3. The number of amides is 1. The molecule has 0 aromatic heterocycles. The first-order valence-corrected chi connectivity index (χ1v) is 6.63. The Bertz CT molecular complexity index is 493. The Labute approximate surface area is 119 Å². The highest BCUT2D eigenvalue weighted by Gasteiger charge is 2.23. The van der Waals surface area contributed by atoms with E-state index in [1.165, 1.54) is 24.0 Å². The topological polar surface area (TPSA) is 57.6 Å². The molecule has 0 spiro atoms.